The summed E-state index contributed by atoms with van der Waals surface area (Å²) in [5, 5.41) is 1.28. The van der Waals surface area contributed by atoms with Gasteiger partial charge >= 0.3 is 0 Å². The highest BCUT2D eigenvalue weighted by Crippen LogP contribution is 2.31. The predicted molar refractivity (Wildman–Crippen MR) is 70.6 cm³/mol. The minimum atomic E-state index is -0.205. The third kappa shape index (κ3) is 4.07. The van der Waals surface area contributed by atoms with E-state index in [0.717, 1.165) is 32.2 Å². The number of hydrazine groups is 1. The Morgan fingerprint density at radius 2 is 1.67 bits per heavy atom. The first kappa shape index (κ1) is 15.1. The number of amides is 1. The van der Waals surface area contributed by atoms with E-state index in [1.54, 1.807) is 6.92 Å². The van der Waals surface area contributed by atoms with E-state index < -0.39 is 0 Å². The van der Waals surface area contributed by atoms with Crippen molar-refractivity contribution in [3.05, 3.63) is 0 Å². The first-order valence-corrected chi connectivity index (χ1v) is 6.64. The van der Waals surface area contributed by atoms with Gasteiger partial charge in [-0.25, -0.2) is 5.84 Å². The van der Waals surface area contributed by atoms with Crippen LogP contribution < -0.4 is 5.84 Å². The highest BCUT2D eigenvalue weighted by molar-refractivity contribution is 5.87. The molecule has 104 valence electrons. The Labute approximate surface area is 109 Å². The molecular formula is C13H25N3O2. The van der Waals surface area contributed by atoms with Crippen LogP contribution in [-0.2, 0) is 9.59 Å². The van der Waals surface area contributed by atoms with Crippen LogP contribution in [0.1, 0.15) is 32.6 Å². The van der Waals surface area contributed by atoms with Crippen LogP contribution in [0.25, 0.3) is 0 Å². The van der Waals surface area contributed by atoms with Crippen LogP contribution in [0.3, 0.4) is 0 Å². The van der Waals surface area contributed by atoms with Gasteiger partial charge in [-0.1, -0.05) is 12.8 Å². The zero-order valence-corrected chi connectivity index (χ0v) is 11.7. The van der Waals surface area contributed by atoms with Crippen molar-refractivity contribution in [2.24, 2.45) is 17.7 Å². The van der Waals surface area contributed by atoms with Crippen molar-refractivity contribution >= 4 is 11.7 Å². The maximum absolute atomic E-state index is 12.3. The van der Waals surface area contributed by atoms with Crippen molar-refractivity contribution in [3.8, 4) is 0 Å². The summed E-state index contributed by atoms with van der Waals surface area (Å²) in [6.07, 6.45) is 3.67. The average molecular weight is 255 g/mol. The molecule has 0 aromatic heterocycles. The third-order valence-electron chi connectivity index (χ3n) is 3.68. The van der Waals surface area contributed by atoms with E-state index in [1.165, 1.54) is 5.01 Å². The van der Waals surface area contributed by atoms with E-state index in [4.69, 9.17) is 5.84 Å². The summed E-state index contributed by atoms with van der Waals surface area (Å²) in [5.74, 6) is 5.52. The molecule has 0 radical (unpaired) electrons. The zero-order chi connectivity index (χ0) is 13.7. The fraction of sp³-hybridized carbons (Fsp3) is 0.846. The van der Waals surface area contributed by atoms with E-state index >= 15 is 0 Å². The molecule has 18 heavy (non-hydrogen) atoms. The van der Waals surface area contributed by atoms with E-state index in [0.29, 0.717) is 6.54 Å². The molecule has 1 aliphatic carbocycles. The summed E-state index contributed by atoms with van der Waals surface area (Å²) >= 11 is 0. The number of hydrogen-bond donors (Lipinski definition) is 1. The second-order valence-corrected chi connectivity index (χ2v) is 5.44. The number of ketones is 1. The average Bonchev–Trinajstić information content (AvgIpc) is 2.34. The van der Waals surface area contributed by atoms with Gasteiger partial charge < -0.3 is 4.90 Å². The SMILES string of the molecule is CC(=O)[C@H]1CCCC[C@H]1C(=O)N(N)CCN(C)C. The summed E-state index contributed by atoms with van der Waals surface area (Å²) < 4.78 is 0. The molecule has 0 aromatic carbocycles. The fourth-order valence-electron chi connectivity index (χ4n) is 2.54. The van der Waals surface area contributed by atoms with Crippen LogP contribution in [0, 0.1) is 11.8 Å². The van der Waals surface area contributed by atoms with Gasteiger partial charge in [0.2, 0.25) is 5.91 Å². The number of nitrogens with two attached hydrogens (primary N) is 1. The van der Waals surface area contributed by atoms with Gasteiger partial charge in [-0.2, -0.15) is 0 Å². The van der Waals surface area contributed by atoms with Gasteiger partial charge in [-0.15, -0.1) is 0 Å². The molecule has 1 saturated carbocycles. The van der Waals surface area contributed by atoms with Gasteiger partial charge in [-0.3, -0.25) is 14.6 Å². The molecule has 0 bridgehead atoms. The lowest BCUT2D eigenvalue weighted by atomic mass is 9.76. The second kappa shape index (κ2) is 6.85. The molecular weight excluding hydrogens is 230 g/mol. The Morgan fingerprint density at radius 1 is 1.11 bits per heavy atom. The van der Waals surface area contributed by atoms with Crippen molar-refractivity contribution in [3.63, 3.8) is 0 Å². The van der Waals surface area contributed by atoms with E-state index in [2.05, 4.69) is 0 Å². The molecule has 0 heterocycles. The van der Waals surface area contributed by atoms with E-state index in [1.807, 2.05) is 19.0 Å². The largest absolute Gasteiger partial charge is 0.308 e. The van der Waals surface area contributed by atoms with Gasteiger partial charge in [0.05, 0.1) is 0 Å². The van der Waals surface area contributed by atoms with E-state index in [9.17, 15) is 9.59 Å². The lowest BCUT2D eigenvalue weighted by molar-refractivity contribution is -0.142. The van der Waals surface area contributed by atoms with Crippen LogP contribution in [0.5, 0.6) is 0 Å². The Bertz CT molecular complexity index is 305. The monoisotopic (exact) mass is 255 g/mol. The molecule has 0 aliphatic heterocycles. The van der Waals surface area contributed by atoms with Crippen LogP contribution in [0.4, 0.5) is 0 Å². The number of hydrogen-bond acceptors (Lipinski definition) is 4. The Morgan fingerprint density at radius 3 is 2.17 bits per heavy atom. The molecule has 2 atom stereocenters. The topological polar surface area (TPSA) is 66.6 Å². The molecule has 1 rings (SSSR count). The number of Topliss-reactive ketones (excluding diaryl/α,β-unsaturated/α-hetero) is 1. The number of carbonyl (C=O) groups is 2. The molecule has 1 aliphatic rings. The second-order valence-electron chi connectivity index (χ2n) is 5.44. The molecule has 0 saturated heterocycles. The highest BCUT2D eigenvalue weighted by Gasteiger charge is 2.35. The van der Waals surface area contributed by atoms with Crippen molar-refractivity contribution in [1.29, 1.82) is 0 Å². The lowest BCUT2D eigenvalue weighted by Crippen LogP contribution is -2.48. The van der Waals surface area contributed by atoms with Crippen molar-refractivity contribution in [2.45, 2.75) is 32.6 Å². The molecule has 0 spiro atoms. The van der Waals surface area contributed by atoms with Crippen LogP contribution in [0.2, 0.25) is 0 Å². The Kier molecular flexibility index (Phi) is 5.75. The molecule has 5 heteroatoms. The number of rotatable bonds is 5. The smallest absolute Gasteiger partial charge is 0.240 e. The van der Waals surface area contributed by atoms with Crippen molar-refractivity contribution in [2.75, 3.05) is 27.2 Å². The first-order valence-electron chi connectivity index (χ1n) is 6.64. The molecule has 1 amide bonds. The van der Waals surface area contributed by atoms with Gasteiger partial charge in [0.25, 0.3) is 0 Å². The number of likely N-dealkylation sites (N-methyl/N-ethyl adjacent to an activating group) is 1. The van der Waals surface area contributed by atoms with Gasteiger partial charge in [0.15, 0.2) is 0 Å². The van der Waals surface area contributed by atoms with E-state index in [-0.39, 0.29) is 23.5 Å². The Balaban J connectivity index is 2.59. The molecule has 1 fully saturated rings. The molecule has 5 nitrogen and oxygen atoms in total. The summed E-state index contributed by atoms with van der Waals surface area (Å²) in [6, 6.07) is 0. The normalized spacial score (nSPS) is 24.1. The summed E-state index contributed by atoms with van der Waals surface area (Å²) in [5.41, 5.74) is 0. The summed E-state index contributed by atoms with van der Waals surface area (Å²) in [7, 11) is 3.88. The standard InChI is InChI=1S/C13H25N3O2/c1-10(17)11-6-4-5-7-12(11)13(18)16(14)9-8-15(2)3/h11-12H,4-9,14H2,1-3H3/t11-,12-/m1/s1. The Hall–Kier alpha value is -0.940. The third-order valence-corrected chi connectivity index (χ3v) is 3.68. The van der Waals surface area contributed by atoms with Crippen LogP contribution in [0.15, 0.2) is 0 Å². The highest BCUT2D eigenvalue weighted by atomic mass is 16.2. The van der Waals surface area contributed by atoms with Gasteiger partial charge in [-0.05, 0) is 33.9 Å². The van der Waals surface area contributed by atoms with Crippen LogP contribution >= 0.6 is 0 Å². The summed E-state index contributed by atoms with van der Waals surface area (Å²) in [4.78, 5) is 25.8. The zero-order valence-electron chi connectivity index (χ0n) is 11.7. The quantitative estimate of drug-likeness (QED) is 0.445. The number of nitrogens with zero attached hydrogens (tertiary/aromatic N) is 2. The summed E-state index contributed by atoms with van der Waals surface area (Å²) in [6.45, 7) is 2.82. The fourth-order valence-corrected chi connectivity index (χ4v) is 2.54. The minimum absolute atomic E-state index is 0.0725. The van der Waals surface area contributed by atoms with Crippen molar-refractivity contribution in [1.82, 2.24) is 9.91 Å². The van der Waals surface area contributed by atoms with Crippen molar-refractivity contribution < 1.29 is 9.59 Å². The van der Waals surface area contributed by atoms with Crippen LogP contribution in [-0.4, -0.2) is 48.8 Å². The molecule has 2 N–H and O–H groups in total. The van der Waals surface area contributed by atoms with Gasteiger partial charge in [0, 0.05) is 24.9 Å². The lowest BCUT2D eigenvalue weighted by Gasteiger charge is -2.32. The molecule has 0 aromatic rings. The minimum Gasteiger partial charge on any atom is -0.308 e. The number of carbonyl (C=O) groups excluding carboxylic acids is 2. The van der Waals surface area contributed by atoms with Gasteiger partial charge in [0.1, 0.15) is 5.78 Å². The maximum Gasteiger partial charge on any atom is 0.240 e. The maximum atomic E-state index is 12.3. The molecule has 0 unspecified atom stereocenters. The predicted octanol–water partition coefficient (Wildman–Crippen LogP) is 0.646. The first-order chi connectivity index (χ1) is 8.43.